The van der Waals surface area contributed by atoms with Gasteiger partial charge in [-0.15, -0.1) is 0 Å². The van der Waals surface area contributed by atoms with Crippen molar-refractivity contribution in [2.75, 3.05) is 6.61 Å². The highest BCUT2D eigenvalue weighted by Crippen LogP contribution is 2.65. The molecule has 0 aromatic carbocycles. The molecule has 5 unspecified atom stereocenters. The maximum atomic E-state index is 11.8. The van der Waals surface area contributed by atoms with E-state index in [0.717, 1.165) is 32.1 Å². The Morgan fingerprint density at radius 3 is 2.83 bits per heavy atom. The number of ketones is 1. The summed E-state index contributed by atoms with van der Waals surface area (Å²) in [5.41, 5.74) is 2.40. The van der Waals surface area contributed by atoms with Gasteiger partial charge in [-0.25, -0.2) is 0 Å². The number of hydrogen-bond acceptors (Lipinski definition) is 3. The molecule has 2 N–H and O–H groups in total. The van der Waals surface area contributed by atoms with E-state index in [1.54, 1.807) is 6.08 Å². The molecule has 4 aliphatic rings. The molecule has 0 saturated heterocycles. The Balaban J connectivity index is 1.74. The van der Waals surface area contributed by atoms with Gasteiger partial charge in [0.2, 0.25) is 0 Å². The van der Waals surface area contributed by atoms with Gasteiger partial charge in [-0.05, 0) is 61.5 Å². The summed E-state index contributed by atoms with van der Waals surface area (Å²) in [6.45, 7) is 4.60. The summed E-state index contributed by atoms with van der Waals surface area (Å²) < 4.78 is 0. The Morgan fingerprint density at radius 1 is 1.29 bits per heavy atom. The lowest BCUT2D eigenvalue weighted by atomic mass is 9.47. The van der Waals surface area contributed by atoms with Gasteiger partial charge in [0.15, 0.2) is 5.78 Å². The molecule has 0 amide bonds. The van der Waals surface area contributed by atoms with Crippen LogP contribution in [0.3, 0.4) is 0 Å². The maximum absolute atomic E-state index is 11.8. The fourth-order valence-corrected chi connectivity index (χ4v) is 6.62. The molecule has 0 aliphatic heterocycles. The molecular formula is C21H28O3. The molecule has 0 aromatic rings. The second kappa shape index (κ2) is 5.40. The Kier molecular flexibility index (Phi) is 3.67. The zero-order chi connectivity index (χ0) is 17.1. The first kappa shape index (κ1) is 16.3. The number of hydrogen-bond donors (Lipinski definition) is 2. The van der Waals surface area contributed by atoms with Crippen LogP contribution in [-0.4, -0.2) is 28.7 Å². The van der Waals surface area contributed by atoms with Gasteiger partial charge >= 0.3 is 0 Å². The third-order valence-corrected chi connectivity index (χ3v) is 7.68. The third-order valence-electron chi connectivity index (χ3n) is 7.68. The normalized spacial score (nSPS) is 48.8. The van der Waals surface area contributed by atoms with Crippen LogP contribution in [0.2, 0.25) is 0 Å². The van der Waals surface area contributed by atoms with Gasteiger partial charge in [-0.2, -0.15) is 0 Å². The predicted octanol–water partition coefficient (Wildman–Crippen LogP) is 3.18. The average molecular weight is 328 g/mol. The van der Waals surface area contributed by atoms with Gasteiger partial charge in [0, 0.05) is 11.3 Å². The standard InChI is InChI=1S/C21H28O3/c1-20-9-7-15(23)11-14(20)3-5-16-17-6-4-13(8-10-22)21(17,2)12-18(24)19(16)20/h7-9,11,16-19,22,24H,3-6,10,12H2,1-2H3/b13-8-/t16?,17?,18-,19?,20?,21?/m1/s1. The van der Waals surface area contributed by atoms with Gasteiger partial charge in [0.1, 0.15) is 0 Å². The lowest BCUT2D eigenvalue weighted by Crippen LogP contribution is -2.55. The van der Waals surface area contributed by atoms with Crippen LogP contribution in [0.25, 0.3) is 0 Å². The Bertz CT molecular complexity index is 658. The van der Waals surface area contributed by atoms with Crippen LogP contribution < -0.4 is 0 Å². The van der Waals surface area contributed by atoms with Gasteiger partial charge in [0.25, 0.3) is 0 Å². The molecule has 3 fully saturated rings. The van der Waals surface area contributed by atoms with E-state index in [0.29, 0.717) is 11.8 Å². The van der Waals surface area contributed by atoms with Gasteiger partial charge < -0.3 is 10.2 Å². The SMILES string of the molecule is CC12C=CC(=O)C=C1CCC1C2[C@H](O)CC2(C)/C(=C\CO)CCC12. The molecule has 6 atom stereocenters. The van der Waals surface area contributed by atoms with E-state index in [1.165, 1.54) is 11.1 Å². The van der Waals surface area contributed by atoms with Crippen molar-refractivity contribution in [3.8, 4) is 0 Å². The molecule has 3 heteroatoms. The Labute approximate surface area is 144 Å². The number of rotatable bonds is 1. The van der Waals surface area contributed by atoms with Crippen molar-refractivity contribution < 1.29 is 15.0 Å². The minimum absolute atomic E-state index is 0.0229. The van der Waals surface area contributed by atoms with Gasteiger partial charge in [0.05, 0.1) is 12.7 Å². The summed E-state index contributed by atoms with van der Waals surface area (Å²) in [5.74, 6) is 1.36. The molecule has 0 radical (unpaired) electrons. The molecule has 3 saturated carbocycles. The molecule has 4 aliphatic carbocycles. The second-order valence-corrected chi connectivity index (χ2v) is 8.66. The van der Waals surface area contributed by atoms with Crippen molar-refractivity contribution in [2.24, 2.45) is 28.6 Å². The molecule has 24 heavy (non-hydrogen) atoms. The zero-order valence-electron chi connectivity index (χ0n) is 14.7. The lowest BCUT2D eigenvalue weighted by Gasteiger charge is -2.58. The number of fused-ring (bicyclic) bond motifs is 5. The molecule has 130 valence electrons. The highest BCUT2D eigenvalue weighted by Gasteiger charge is 2.60. The number of aliphatic hydroxyl groups is 2. The van der Waals surface area contributed by atoms with Crippen LogP contribution in [-0.2, 0) is 4.79 Å². The van der Waals surface area contributed by atoms with Crippen LogP contribution in [0.1, 0.15) is 46.0 Å². The van der Waals surface area contributed by atoms with Crippen LogP contribution in [0.15, 0.2) is 35.5 Å². The van der Waals surface area contributed by atoms with Crippen molar-refractivity contribution in [3.63, 3.8) is 0 Å². The first-order valence-corrected chi connectivity index (χ1v) is 9.33. The maximum Gasteiger partial charge on any atom is 0.178 e. The quantitative estimate of drug-likeness (QED) is 0.727. The monoisotopic (exact) mass is 328 g/mol. The fourth-order valence-electron chi connectivity index (χ4n) is 6.62. The lowest BCUT2D eigenvalue weighted by molar-refractivity contribution is -0.112. The van der Waals surface area contributed by atoms with Crippen molar-refractivity contribution in [2.45, 2.75) is 52.1 Å². The highest BCUT2D eigenvalue weighted by molar-refractivity contribution is 6.01. The van der Waals surface area contributed by atoms with Crippen molar-refractivity contribution in [1.82, 2.24) is 0 Å². The van der Waals surface area contributed by atoms with Crippen molar-refractivity contribution in [3.05, 3.63) is 35.5 Å². The first-order valence-electron chi connectivity index (χ1n) is 9.33. The largest absolute Gasteiger partial charge is 0.393 e. The van der Waals surface area contributed by atoms with E-state index in [9.17, 15) is 15.0 Å². The van der Waals surface area contributed by atoms with E-state index < -0.39 is 0 Å². The summed E-state index contributed by atoms with van der Waals surface area (Å²) in [4.78, 5) is 11.8. The van der Waals surface area contributed by atoms with Crippen LogP contribution in [0.5, 0.6) is 0 Å². The molecular weight excluding hydrogens is 300 g/mol. The molecule has 3 nitrogen and oxygen atoms in total. The third kappa shape index (κ3) is 2.07. The molecule has 0 aromatic heterocycles. The smallest absolute Gasteiger partial charge is 0.178 e. The summed E-state index contributed by atoms with van der Waals surface area (Å²) in [6.07, 6.45) is 12.2. The van der Waals surface area contributed by atoms with Crippen molar-refractivity contribution in [1.29, 1.82) is 0 Å². The van der Waals surface area contributed by atoms with Crippen LogP contribution >= 0.6 is 0 Å². The van der Waals surface area contributed by atoms with E-state index in [2.05, 4.69) is 19.9 Å². The van der Waals surface area contributed by atoms with E-state index in [4.69, 9.17) is 0 Å². The molecule has 0 bridgehead atoms. The van der Waals surface area contributed by atoms with Crippen LogP contribution in [0.4, 0.5) is 0 Å². The average Bonchev–Trinajstić information content (AvgIpc) is 2.84. The number of allylic oxidation sites excluding steroid dienone is 5. The number of carbonyl (C=O) groups is 1. The second-order valence-electron chi connectivity index (χ2n) is 8.66. The summed E-state index contributed by atoms with van der Waals surface area (Å²) in [6, 6.07) is 0. The number of aliphatic hydroxyl groups excluding tert-OH is 2. The minimum Gasteiger partial charge on any atom is -0.393 e. The van der Waals surface area contributed by atoms with E-state index in [1.807, 2.05) is 12.2 Å². The summed E-state index contributed by atoms with van der Waals surface area (Å²) in [5, 5.41) is 20.5. The Morgan fingerprint density at radius 2 is 2.08 bits per heavy atom. The van der Waals surface area contributed by atoms with E-state index in [-0.39, 0.29) is 35.2 Å². The van der Waals surface area contributed by atoms with Gasteiger partial charge in [-0.3, -0.25) is 4.79 Å². The first-order chi connectivity index (χ1) is 11.4. The summed E-state index contributed by atoms with van der Waals surface area (Å²) in [7, 11) is 0. The van der Waals surface area contributed by atoms with E-state index >= 15 is 0 Å². The molecule has 0 spiro atoms. The minimum atomic E-state index is -0.358. The van der Waals surface area contributed by atoms with Crippen molar-refractivity contribution >= 4 is 5.78 Å². The van der Waals surface area contributed by atoms with Crippen LogP contribution in [0, 0.1) is 28.6 Å². The predicted molar refractivity (Wildman–Crippen MR) is 93.2 cm³/mol. The molecule has 0 heterocycles. The highest BCUT2D eigenvalue weighted by atomic mass is 16.3. The topological polar surface area (TPSA) is 57.5 Å². The summed E-state index contributed by atoms with van der Waals surface area (Å²) >= 11 is 0. The Hall–Kier alpha value is -1.19. The molecule has 4 rings (SSSR count). The zero-order valence-corrected chi connectivity index (χ0v) is 14.7. The van der Waals surface area contributed by atoms with Gasteiger partial charge in [-0.1, -0.05) is 37.1 Å². The number of carbonyl (C=O) groups excluding carboxylic acids is 1. The fraction of sp³-hybridized carbons (Fsp3) is 0.667.